The first-order chi connectivity index (χ1) is 14.7. The Morgan fingerprint density at radius 3 is 1.74 bits per heavy atom. The standard InChI is InChI=1S/C27H56N2O2/c1-7-8-9-10-11-12-13-14-15-16-17-18-19-20-21-22-27(30)31-26-25-29(5,6)24-23-28(2,3)4/h14-15H,7-13,16-26H2,1-6H3/q+2. The molecule has 31 heavy (non-hydrogen) atoms. The van der Waals surface area contributed by atoms with Gasteiger partial charge in [0.15, 0.2) is 0 Å². The Hall–Kier alpha value is -0.870. The third-order valence-corrected chi connectivity index (χ3v) is 5.98. The van der Waals surface area contributed by atoms with Crippen LogP contribution in [0.25, 0.3) is 0 Å². The molecule has 4 heteroatoms. The van der Waals surface area contributed by atoms with Crippen LogP contribution in [-0.2, 0) is 9.53 Å². The SMILES string of the molecule is CCCCCCCCC=CCCCCCCCC(=O)OCC[N+](C)(C)CC[N+](C)(C)C. The van der Waals surface area contributed by atoms with Crippen LogP contribution in [0.1, 0.15) is 96.8 Å². The Labute approximate surface area is 195 Å². The molecule has 0 heterocycles. The molecule has 0 bridgehead atoms. The maximum Gasteiger partial charge on any atom is 0.305 e. The van der Waals surface area contributed by atoms with Crippen LogP contribution in [0.3, 0.4) is 0 Å². The van der Waals surface area contributed by atoms with Crippen molar-refractivity contribution < 1.29 is 18.5 Å². The van der Waals surface area contributed by atoms with E-state index in [0.29, 0.717) is 13.0 Å². The molecular weight excluding hydrogens is 384 g/mol. The first-order valence-corrected chi connectivity index (χ1v) is 13.1. The van der Waals surface area contributed by atoms with Crippen molar-refractivity contribution in [2.45, 2.75) is 96.8 Å². The van der Waals surface area contributed by atoms with Crippen LogP contribution in [0.15, 0.2) is 12.2 Å². The van der Waals surface area contributed by atoms with Gasteiger partial charge in [-0.1, -0.05) is 70.4 Å². The highest BCUT2D eigenvalue weighted by Gasteiger charge is 2.20. The highest BCUT2D eigenvalue weighted by molar-refractivity contribution is 5.69. The van der Waals surface area contributed by atoms with Gasteiger partial charge in [0.25, 0.3) is 0 Å². The molecule has 0 atom stereocenters. The number of carbonyl (C=O) groups excluding carboxylic acids is 1. The predicted molar refractivity (Wildman–Crippen MR) is 135 cm³/mol. The Bertz CT molecular complexity index is 453. The van der Waals surface area contributed by atoms with E-state index in [-0.39, 0.29) is 5.97 Å². The fraction of sp³-hybridized carbons (Fsp3) is 0.889. The molecule has 0 aromatic rings. The molecule has 0 radical (unpaired) electrons. The molecule has 184 valence electrons. The smallest absolute Gasteiger partial charge is 0.305 e. The maximum atomic E-state index is 11.9. The Kier molecular flexibility index (Phi) is 18.2. The number of hydrogen-bond donors (Lipinski definition) is 0. The molecule has 0 unspecified atom stereocenters. The lowest BCUT2D eigenvalue weighted by Crippen LogP contribution is -2.50. The van der Waals surface area contributed by atoms with Crippen molar-refractivity contribution >= 4 is 5.97 Å². The second-order valence-corrected chi connectivity index (χ2v) is 11.0. The summed E-state index contributed by atoms with van der Waals surface area (Å²) in [5.41, 5.74) is 0. The second-order valence-electron chi connectivity index (χ2n) is 11.0. The fourth-order valence-electron chi connectivity index (χ4n) is 3.50. The summed E-state index contributed by atoms with van der Waals surface area (Å²) in [7, 11) is 11.1. The molecule has 0 aliphatic carbocycles. The summed E-state index contributed by atoms with van der Waals surface area (Å²) in [6, 6.07) is 0. The van der Waals surface area contributed by atoms with Crippen LogP contribution in [0.2, 0.25) is 0 Å². The molecule has 0 aromatic carbocycles. The van der Waals surface area contributed by atoms with Crippen LogP contribution in [-0.4, -0.2) is 76.4 Å². The normalized spacial score (nSPS) is 12.6. The average Bonchev–Trinajstić information content (AvgIpc) is 2.69. The Morgan fingerprint density at radius 2 is 1.19 bits per heavy atom. The van der Waals surface area contributed by atoms with E-state index >= 15 is 0 Å². The lowest BCUT2D eigenvalue weighted by atomic mass is 10.1. The van der Waals surface area contributed by atoms with Crippen molar-refractivity contribution in [1.82, 2.24) is 0 Å². The monoisotopic (exact) mass is 440 g/mol. The third kappa shape index (κ3) is 23.6. The van der Waals surface area contributed by atoms with E-state index in [9.17, 15) is 4.79 Å². The highest BCUT2D eigenvalue weighted by Crippen LogP contribution is 2.10. The van der Waals surface area contributed by atoms with Gasteiger partial charge < -0.3 is 13.7 Å². The second kappa shape index (κ2) is 18.7. The number of hydrogen-bond acceptors (Lipinski definition) is 2. The van der Waals surface area contributed by atoms with Gasteiger partial charge in [-0.15, -0.1) is 0 Å². The Balaban J connectivity index is 3.47. The molecule has 0 saturated carbocycles. The van der Waals surface area contributed by atoms with Crippen molar-refractivity contribution in [2.24, 2.45) is 0 Å². The van der Waals surface area contributed by atoms with Crippen molar-refractivity contribution in [3.63, 3.8) is 0 Å². The predicted octanol–water partition coefficient (Wildman–Crippen LogP) is 6.35. The summed E-state index contributed by atoms with van der Waals surface area (Å²) in [6.45, 7) is 5.91. The highest BCUT2D eigenvalue weighted by atomic mass is 16.5. The molecule has 0 N–H and O–H groups in total. The van der Waals surface area contributed by atoms with E-state index < -0.39 is 0 Å². The van der Waals surface area contributed by atoms with Gasteiger partial charge in [0.05, 0.1) is 35.2 Å². The molecule has 0 fully saturated rings. The Morgan fingerprint density at radius 1 is 0.677 bits per heavy atom. The summed E-state index contributed by atoms with van der Waals surface area (Å²) in [5, 5.41) is 0. The molecule has 0 aliphatic heterocycles. The number of rotatable bonds is 21. The minimum atomic E-state index is -0.0239. The molecule has 0 rings (SSSR count). The minimum absolute atomic E-state index is 0.0239. The molecule has 0 aliphatic rings. The first kappa shape index (κ1) is 30.1. The number of allylic oxidation sites excluding steroid dienone is 2. The van der Waals surface area contributed by atoms with E-state index in [1.807, 2.05) is 0 Å². The number of nitrogens with zero attached hydrogens (tertiary/aromatic N) is 2. The molecular formula is C27H56N2O2+2. The lowest BCUT2D eigenvalue weighted by Gasteiger charge is -2.33. The number of unbranched alkanes of at least 4 members (excludes halogenated alkanes) is 11. The fourth-order valence-corrected chi connectivity index (χ4v) is 3.50. The van der Waals surface area contributed by atoms with Gasteiger partial charge in [0.1, 0.15) is 26.2 Å². The summed E-state index contributed by atoms with van der Waals surface area (Å²) in [6.07, 6.45) is 21.9. The van der Waals surface area contributed by atoms with Gasteiger partial charge in [-0.2, -0.15) is 0 Å². The van der Waals surface area contributed by atoms with E-state index in [2.05, 4.69) is 54.3 Å². The quantitative estimate of drug-likeness (QED) is 0.0899. The molecule has 0 amide bonds. The topological polar surface area (TPSA) is 26.3 Å². The van der Waals surface area contributed by atoms with Gasteiger partial charge in [0, 0.05) is 6.42 Å². The van der Waals surface area contributed by atoms with Crippen molar-refractivity contribution in [3.8, 4) is 0 Å². The first-order valence-electron chi connectivity index (χ1n) is 13.1. The zero-order chi connectivity index (χ0) is 23.4. The summed E-state index contributed by atoms with van der Waals surface area (Å²) < 4.78 is 7.33. The van der Waals surface area contributed by atoms with E-state index in [1.54, 1.807) is 0 Å². The van der Waals surface area contributed by atoms with Crippen LogP contribution >= 0.6 is 0 Å². The van der Waals surface area contributed by atoms with Gasteiger partial charge in [-0.3, -0.25) is 4.79 Å². The summed E-state index contributed by atoms with van der Waals surface area (Å²) in [5.74, 6) is -0.0239. The van der Waals surface area contributed by atoms with Crippen molar-refractivity contribution in [3.05, 3.63) is 12.2 Å². The van der Waals surface area contributed by atoms with E-state index in [4.69, 9.17) is 4.74 Å². The third-order valence-electron chi connectivity index (χ3n) is 5.98. The van der Waals surface area contributed by atoms with Gasteiger partial charge >= 0.3 is 5.97 Å². The number of quaternary nitrogens is 2. The minimum Gasteiger partial charge on any atom is -0.460 e. The number of carbonyl (C=O) groups is 1. The van der Waals surface area contributed by atoms with Gasteiger partial charge in [0.2, 0.25) is 0 Å². The summed E-state index contributed by atoms with van der Waals surface area (Å²) in [4.78, 5) is 11.9. The largest absolute Gasteiger partial charge is 0.460 e. The molecule has 0 aromatic heterocycles. The zero-order valence-corrected chi connectivity index (χ0v) is 22.1. The van der Waals surface area contributed by atoms with E-state index in [1.165, 1.54) is 70.6 Å². The number of likely N-dealkylation sites (N-methyl/N-ethyl adjacent to an activating group) is 2. The lowest BCUT2D eigenvalue weighted by molar-refractivity contribution is -0.937. The average molecular weight is 441 g/mol. The van der Waals surface area contributed by atoms with Gasteiger partial charge in [-0.25, -0.2) is 0 Å². The molecule has 4 nitrogen and oxygen atoms in total. The van der Waals surface area contributed by atoms with Crippen molar-refractivity contribution in [1.29, 1.82) is 0 Å². The van der Waals surface area contributed by atoms with Crippen LogP contribution < -0.4 is 0 Å². The summed E-state index contributed by atoms with van der Waals surface area (Å²) >= 11 is 0. The molecule has 0 spiro atoms. The molecule has 0 saturated heterocycles. The number of ether oxygens (including phenoxy) is 1. The van der Waals surface area contributed by atoms with E-state index in [0.717, 1.165) is 41.4 Å². The maximum absolute atomic E-state index is 11.9. The van der Waals surface area contributed by atoms with Crippen LogP contribution in [0, 0.1) is 0 Å². The van der Waals surface area contributed by atoms with Crippen molar-refractivity contribution in [2.75, 3.05) is 61.5 Å². The van der Waals surface area contributed by atoms with Crippen LogP contribution in [0.5, 0.6) is 0 Å². The number of esters is 1. The van der Waals surface area contributed by atoms with Crippen LogP contribution in [0.4, 0.5) is 0 Å². The zero-order valence-electron chi connectivity index (χ0n) is 22.1. The van der Waals surface area contributed by atoms with Gasteiger partial charge in [-0.05, 0) is 32.1 Å².